The van der Waals surface area contributed by atoms with Crippen molar-refractivity contribution in [3.63, 3.8) is 0 Å². The van der Waals surface area contributed by atoms with E-state index >= 15 is 0 Å². The number of halogens is 1. The topological polar surface area (TPSA) is 54.0 Å². The minimum Gasteiger partial charge on any atom is -0.377 e. The molecule has 2 rings (SSSR count). The van der Waals surface area contributed by atoms with Gasteiger partial charge in [-0.15, -0.1) is 11.3 Å². The van der Waals surface area contributed by atoms with Crippen molar-refractivity contribution in [1.82, 2.24) is 4.98 Å². The molecule has 0 aliphatic carbocycles. The molecule has 0 radical (unpaired) electrons. The van der Waals surface area contributed by atoms with Gasteiger partial charge < -0.3 is 10.6 Å². The number of benzene rings is 1. The molecule has 0 aliphatic rings. The van der Waals surface area contributed by atoms with E-state index in [1.807, 2.05) is 19.2 Å². The number of aryl methyl sites for hydroxylation is 1. The van der Waals surface area contributed by atoms with Gasteiger partial charge in [0.15, 0.2) is 0 Å². The lowest BCUT2D eigenvalue weighted by Crippen LogP contribution is -2.10. The third-order valence-corrected chi connectivity index (χ3v) is 3.53. The highest BCUT2D eigenvalue weighted by Gasteiger charge is 2.10. The first-order valence-electron chi connectivity index (χ1n) is 6.21. The molecule has 6 heteroatoms. The monoisotopic (exact) mass is 293 g/mol. The van der Waals surface area contributed by atoms with Crippen molar-refractivity contribution in [3.05, 3.63) is 40.1 Å². The lowest BCUT2D eigenvalue weighted by molar-refractivity contribution is -0.114. The van der Waals surface area contributed by atoms with Crippen LogP contribution in [0.3, 0.4) is 0 Å². The van der Waals surface area contributed by atoms with E-state index in [4.69, 9.17) is 0 Å². The minimum absolute atomic E-state index is 0.00980. The van der Waals surface area contributed by atoms with Crippen LogP contribution in [0.25, 0.3) is 0 Å². The van der Waals surface area contributed by atoms with E-state index in [0.717, 1.165) is 16.4 Å². The molecule has 20 heavy (non-hydrogen) atoms. The number of rotatable bonds is 4. The summed E-state index contributed by atoms with van der Waals surface area (Å²) in [6.45, 7) is 5.28. The first kappa shape index (κ1) is 14.5. The number of thiazole rings is 1. The molecule has 2 N–H and O–H groups in total. The zero-order chi connectivity index (χ0) is 14.7. The van der Waals surface area contributed by atoms with Crippen LogP contribution in [0.4, 0.5) is 15.8 Å². The lowest BCUT2D eigenvalue weighted by Gasteiger charge is -2.14. The summed E-state index contributed by atoms with van der Waals surface area (Å²) >= 11 is 1.59. The maximum atomic E-state index is 13.5. The normalized spacial score (nSPS) is 12.0. The summed E-state index contributed by atoms with van der Waals surface area (Å²) in [5, 5.41) is 8.70. The van der Waals surface area contributed by atoms with E-state index in [0.29, 0.717) is 0 Å². The van der Waals surface area contributed by atoms with Crippen LogP contribution in [-0.4, -0.2) is 10.9 Å². The van der Waals surface area contributed by atoms with Crippen LogP contribution < -0.4 is 10.6 Å². The number of carbonyl (C=O) groups is 1. The molecule has 1 aromatic carbocycles. The van der Waals surface area contributed by atoms with Gasteiger partial charge in [0.25, 0.3) is 0 Å². The number of carbonyl (C=O) groups excluding carboxylic acids is 1. The highest BCUT2D eigenvalue weighted by molar-refractivity contribution is 7.09. The van der Waals surface area contributed by atoms with E-state index in [-0.39, 0.29) is 17.6 Å². The van der Waals surface area contributed by atoms with Crippen LogP contribution in [0.5, 0.6) is 0 Å². The Bertz CT molecular complexity index is 627. The van der Waals surface area contributed by atoms with E-state index in [1.165, 1.54) is 13.0 Å². The zero-order valence-electron chi connectivity index (χ0n) is 11.5. The Morgan fingerprint density at radius 3 is 2.80 bits per heavy atom. The number of anilines is 2. The van der Waals surface area contributed by atoms with Crippen molar-refractivity contribution in [1.29, 1.82) is 0 Å². The number of hydrogen-bond donors (Lipinski definition) is 2. The quantitative estimate of drug-likeness (QED) is 0.903. The molecule has 4 nitrogen and oxygen atoms in total. The molecular formula is C14H16FN3OS. The number of amides is 1. The molecule has 1 heterocycles. The van der Waals surface area contributed by atoms with Crippen molar-refractivity contribution in [3.8, 4) is 0 Å². The molecule has 1 amide bonds. The van der Waals surface area contributed by atoms with Crippen LogP contribution >= 0.6 is 11.3 Å². The van der Waals surface area contributed by atoms with Gasteiger partial charge in [0.05, 0.1) is 22.4 Å². The summed E-state index contributed by atoms with van der Waals surface area (Å²) in [5.74, 6) is -0.757. The molecule has 0 aliphatic heterocycles. The third-order valence-electron chi connectivity index (χ3n) is 2.74. The maximum absolute atomic E-state index is 13.5. The van der Waals surface area contributed by atoms with Gasteiger partial charge in [-0.2, -0.15) is 0 Å². The molecule has 1 atom stereocenters. The van der Waals surface area contributed by atoms with Crippen molar-refractivity contribution < 1.29 is 9.18 Å². The number of hydrogen-bond acceptors (Lipinski definition) is 4. The van der Waals surface area contributed by atoms with Gasteiger partial charge in [0.1, 0.15) is 5.82 Å². The average Bonchev–Trinajstić information content (AvgIpc) is 2.79. The van der Waals surface area contributed by atoms with Crippen molar-refractivity contribution in [2.45, 2.75) is 26.8 Å². The predicted octanol–water partition coefficient (Wildman–Crippen LogP) is 3.72. The van der Waals surface area contributed by atoms with Crippen LogP contribution in [-0.2, 0) is 4.79 Å². The summed E-state index contributed by atoms with van der Waals surface area (Å²) in [4.78, 5) is 15.4. The standard InChI is InChI=1S/C14H16FN3OS/c1-8(14-7-20-10(3)18-14)16-11-4-5-12(15)13(6-11)17-9(2)19/h4-8,16H,1-3H3,(H,17,19). The fourth-order valence-corrected chi connectivity index (χ4v) is 2.51. The summed E-state index contributed by atoms with van der Waals surface area (Å²) in [6.07, 6.45) is 0. The fraction of sp³-hybridized carbons (Fsp3) is 0.286. The van der Waals surface area contributed by atoms with Crippen LogP contribution in [0.2, 0.25) is 0 Å². The highest BCUT2D eigenvalue weighted by atomic mass is 32.1. The van der Waals surface area contributed by atoms with E-state index < -0.39 is 5.82 Å². The minimum atomic E-state index is -0.456. The van der Waals surface area contributed by atoms with Gasteiger partial charge in [-0.3, -0.25) is 4.79 Å². The molecule has 0 saturated carbocycles. The second kappa shape index (κ2) is 6.00. The zero-order valence-corrected chi connectivity index (χ0v) is 12.3. The summed E-state index contributed by atoms with van der Waals surface area (Å²) < 4.78 is 13.5. The Kier molecular flexibility index (Phi) is 4.34. The molecule has 1 unspecified atom stereocenters. The largest absolute Gasteiger partial charge is 0.377 e. The summed E-state index contributed by atoms with van der Waals surface area (Å²) in [5.41, 5.74) is 1.84. The van der Waals surface area contributed by atoms with Gasteiger partial charge in [0.2, 0.25) is 5.91 Å². The van der Waals surface area contributed by atoms with Crippen LogP contribution in [0, 0.1) is 12.7 Å². The Morgan fingerprint density at radius 1 is 1.45 bits per heavy atom. The Hall–Kier alpha value is -1.95. The van der Waals surface area contributed by atoms with Crippen molar-refractivity contribution in [2.75, 3.05) is 10.6 Å². The molecule has 1 aromatic heterocycles. The second-order valence-corrected chi connectivity index (χ2v) is 5.60. The molecular weight excluding hydrogens is 277 g/mol. The van der Waals surface area contributed by atoms with Crippen molar-refractivity contribution in [2.24, 2.45) is 0 Å². The van der Waals surface area contributed by atoms with Gasteiger partial charge in [-0.05, 0) is 32.0 Å². The number of aromatic nitrogens is 1. The van der Waals surface area contributed by atoms with E-state index in [9.17, 15) is 9.18 Å². The molecule has 0 saturated heterocycles. The second-order valence-electron chi connectivity index (χ2n) is 4.53. The van der Waals surface area contributed by atoms with Gasteiger partial charge in [0, 0.05) is 18.0 Å². The Morgan fingerprint density at radius 2 is 2.20 bits per heavy atom. The smallest absolute Gasteiger partial charge is 0.221 e. The molecule has 0 bridgehead atoms. The molecule has 2 aromatic rings. The number of nitrogens with one attached hydrogen (secondary N) is 2. The summed E-state index contributed by atoms with van der Waals surface area (Å²) in [7, 11) is 0. The van der Waals surface area contributed by atoms with Crippen LogP contribution in [0.15, 0.2) is 23.6 Å². The Labute approximate surface area is 121 Å². The maximum Gasteiger partial charge on any atom is 0.221 e. The van der Waals surface area contributed by atoms with E-state index in [2.05, 4.69) is 15.6 Å². The molecule has 106 valence electrons. The lowest BCUT2D eigenvalue weighted by atomic mass is 10.2. The van der Waals surface area contributed by atoms with Gasteiger partial charge >= 0.3 is 0 Å². The SMILES string of the molecule is CC(=O)Nc1cc(NC(C)c2csc(C)n2)ccc1F. The third kappa shape index (κ3) is 3.54. The van der Waals surface area contributed by atoms with Gasteiger partial charge in [-0.1, -0.05) is 0 Å². The first-order chi connectivity index (χ1) is 9.45. The average molecular weight is 293 g/mol. The summed E-state index contributed by atoms with van der Waals surface area (Å²) in [6, 6.07) is 4.55. The van der Waals surface area contributed by atoms with Gasteiger partial charge in [-0.25, -0.2) is 9.37 Å². The molecule has 0 spiro atoms. The molecule has 0 fully saturated rings. The van der Waals surface area contributed by atoms with Crippen LogP contribution in [0.1, 0.15) is 30.6 Å². The van der Waals surface area contributed by atoms with E-state index in [1.54, 1.807) is 23.5 Å². The number of nitrogens with zero attached hydrogens (tertiary/aromatic N) is 1. The highest BCUT2D eigenvalue weighted by Crippen LogP contribution is 2.24. The fourth-order valence-electron chi connectivity index (χ4n) is 1.80. The predicted molar refractivity (Wildman–Crippen MR) is 79.6 cm³/mol. The Balaban J connectivity index is 2.15. The first-order valence-corrected chi connectivity index (χ1v) is 7.09. The van der Waals surface area contributed by atoms with Crippen molar-refractivity contribution >= 4 is 28.6 Å².